The fourth-order valence-corrected chi connectivity index (χ4v) is 4.42. The van der Waals surface area contributed by atoms with Gasteiger partial charge in [0.25, 0.3) is 0 Å². The van der Waals surface area contributed by atoms with Crippen molar-refractivity contribution in [2.75, 3.05) is 55.0 Å². The van der Waals surface area contributed by atoms with Crippen molar-refractivity contribution in [1.82, 2.24) is 25.1 Å². The predicted molar refractivity (Wildman–Crippen MR) is 120 cm³/mol. The molecule has 0 unspecified atom stereocenters. The first-order chi connectivity index (χ1) is 15.6. The van der Waals surface area contributed by atoms with E-state index in [1.165, 1.54) is 7.11 Å². The third-order valence-corrected chi connectivity index (χ3v) is 5.92. The summed E-state index contributed by atoms with van der Waals surface area (Å²) in [5, 5.41) is 20.9. The predicted octanol–water partition coefficient (Wildman–Crippen LogP) is 0.737. The van der Waals surface area contributed by atoms with E-state index in [-0.39, 0.29) is 18.7 Å². The van der Waals surface area contributed by atoms with Gasteiger partial charge in [0.1, 0.15) is 11.5 Å². The molecule has 1 fully saturated rings. The minimum absolute atomic E-state index is 0.0377. The number of hydrogen-bond acceptors (Lipinski definition) is 8. The van der Waals surface area contributed by atoms with Gasteiger partial charge in [0.15, 0.2) is 5.65 Å². The molecule has 0 saturated carbocycles. The third kappa shape index (κ3) is 3.59. The van der Waals surface area contributed by atoms with Gasteiger partial charge in [0.05, 0.1) is 13.7 Å². The Bertz CT molecular complexity index is 1160. The summed E-state index contributed by atoms with van der Waals surface area (Å²) in [6, 6.07) is 3.55. The van der Waals surface area contributed by atoms with Crippen LogP contribution in [0.15, 0.2) is 24.5 Å². The normalized spacial score (nSPS) is 18.2. The average Bonchev–Trinajstić information content (AvgIpc) is 3.40. The lowest BCUT2D eigenvalue weighted by Crippen LogP contribution is -2.52. The van der Waals surface area contributed by atoms with Gasteiger partial charge >= 0.3 is 6.03 Å². The van der Waals surface area contributed by atoms with E-state index in [1.54, 1.807) is 15.8 Å². The number of aryl methyl sites for hydroxylation is 1. The van der Waals surface area contributed by atoms with Gasteiger partial charge in [0.2, 0.25) is 5.88 Å². The summed E-state index contributed by atoms with van der Waals surface area (Å²) in [5.74, 6) is 0.968. The van der Waals surface area contributed by atoms with Crippen LogP contribution in [-0.2, 0) is 13.5 Å². The summed E-state index contributed by atoms with van der Waals surface area (Å²) in [4.78, 5) is 26.0. The summed E-state index contributed by atoms with van der Waals surface area (Å²) in [6.07, 6.45) is 4.29. The first-order valence-electron chi connectivity index (χ1n) is 10.6. The number of hydrogen-bond donors (Lipinski definition) is 3. The molecule has 0 aromatic carbocycles. The van der Waals surface area contributed by atoms with E-state index in [0.717, 1.165) is 36.1 Å². The fourth-order valence-electron chi connectivity index (χ4n) is 4.42. The van der Waals surface area contributed by atoms with Crippen LogP contribution in [0.1, 0.15) is 5.56 Å². The summed E-state index contributed by atoms with van der Waals surface area (Å²) in [5.41, 5.74) is 3.16. The second-order valence-electron chi connectivity index (χ2n) is 8.00. The molecule has 0 aliphatic carbocycles. The fraction of sp³-hybridized carbons (Fsp3) is 0.429. The molecule has 3 aromatic rings. The van der Waals surface area contributed by atoms with Crippen LogP contribution in [0.2, 0.25) is 0 Å². The highest BCUT2D eigenvalue weighted by Crippen LogP contribution is 2.35. The monoisotopic (exact) mass is 438 g/mol. The number of rotatable bonds is 4. The van der Waals surface area contributed by atoms with Crippen LogP contribution < -0.4 is 25.2 Å². The van der Waals surface area contributed by atoms with Gasteiger partial charge in [0, 0.05) is 68.3 Å². The van der Waals surface area contributed by atoms with Crippen LogP contribution >= 0.6 is 0 Å². The van der Waals surface area contributed by atoms with E-state index in [2.05, 4.69) is 30.6 Å². The van der Waals surface area contributed by atoms with Gasteiger partial charge in [-0.15, -0.1) is 0 Å². The van der Waals surface area contributed by atoms with Gasteiger partial charge in [-0.2, -0.15) is 10.1 Å². The molecule has 168 valence electrons. The van der Waals surface area contributed by atoms with Gasteiger partial charge in [-0.25, -0.2) is 9.78 Å². The Morgan fingerprint density at radius 3 is 3.09 bits per heavy atom. The van der Waals surface area contributed by atoms with Crippen LogP contribution in [0.4, 0.5) is 22.0 Å². The number of nitrogens with zero attached hydrogens (tertiary/aromatic N) is 6. The van der Waals surface area contributed by atoms with Crippen molar-refractivity contribution in [2.24, 2.45) is 7.05 Å². The van der Waals surface area contributed by atoms with Gasteiger partial charge in [-0.1, -0.05) is 0 Å². The standard InChI is InChI=1S/C21H26N8O3/c1-27-10-13-9-16(20(32-2)25-18(13)26-27)24-21(31)29-7-4-15-17(3-5-23-19(15)29)28-8-6-22-14(11-28)12-30/h3,5,9-10,14,22,30H,4,6-8,11-12H2,1-2H3,(H,24,31)/t14-/m1/s1. The molecule has 1 atom stereocenters. The average molecular weight is 438 g/mol. The Morgan fingerprint density at radius 2 is 2.28 bits per heavy atom. The molecule has 2 aliphatic rings. The SMILES string of the molecule is COc1nc2nn(C)cc2cc1NC(=O)N1CCc2c(N3CCN[C@@H](CO)C3)ccnc21. The summed E-state index contributed by atoms with van der Waals surface area (Å²) in [6.45, 7) is 2.98. The van der Waals surface area contributed by atoms with Crippen molar-refractivity contribution in [2.45, 2.75) is 12.5 Å². The zero-order chi connectivity index (χ0) is 22.2. The smallest absolute Gasteiger partial charge is 0.327 e. The van der Waals surface area contributed by atoms with Crippen molar-refractivity contribution in [1.29, 1.82) is 0 Å². The van der Waals surface area contributed by atoms with Crippen LogP contribution in [0, 0.1) is 0 Å². The molecule has 2 amide bonds. The molecule has 3 aromatic heterocycles. The number of aliphatic hydroxyl groups is 1. The van der Waals surface area contributed by atoms with E-state index in [9.17, 15) is 9.90 Å². The molecular formula is C21H26N8O3. The minimum Gasteiger partial charge on any atom is -0.479 e. The molecule has 0 bridgehead atoms. The lowest BCUT2D eigenvalue weighted by atomic mass is 10.1. The first kappa shape index (κ1) is 20.5. The number of nitrogens with one attached hydrogen (secondary N) is 2. The number of aromatic nitrogens is 4. The second kappa shape index (κ2) is 8.24. The maximum absolute atomic E-state index is 13.2. The maximum Gasteiger partial charge on any atom is 0.327 e. The van der Waals surface area contributed by atoms with Crippen LogP contribution in [-0.4, -0.2) is 76.8 Å². The zero-order valence-corrected chi connectivity index (χ0v) is 18.1. The number of ether oxygens (including phenoxy) is 1. The van der Waals surface area contributed by atoms with Crippen molar-refractivity contribution < 1.29 is 14.6 Å². The Balaban J connectivity index is 1.40. The zero-order valence-electron chi connectivity index (χ0n) is 18.1. The number of aliphatic hydroxyl groups excluding tert-OH is 1. The van der Waals surface area contributed by atoms with E-state index in [4.69, 9.17) is 4.74 Å². The molecule has 11 nitrogen and oxygen atoms in total. The number of anilines is 3. The highest BCUT2D eigenvalue weighted by Gasteiger charge is 2.31. The van der Waals surface area contributed by atoms with E-state index in [1.807, 2.05) is 25.4 Å². The number of carbonyl (C=O) groups is 1. The topological polar surface area (TPSA) is 121 Å². The Morgan fingerprint density at radius 1 is 1.41 bits per heavy atom. The highest BCUT2D eigenvalue weighted by molar-refractivity contribution is 6.04. The van der Waals surface area contributed by atoms with Gasteiger partial charge in [-0.05, 0) is 18.6 Å². The van der Waals surface area contributed by atoms with Crippen LogP contribution in [0.3, 0.4) is 0 Å². The van der Waals surface area contributed by atoms with Gasteiger partial charge < -0.3 is 25.4 Å². The van der Waals surface area contributed by atoms with E-state index >= 15 is 0 Å². The molecule has 5 heterocycles. The lowest BCUT2D eigenvalue weighted by Gasteiger charge is -2.35. The minimum atomic E-state index is -0.287. The first-order valence-corrected chi connectivity index (χ1v) is 10.6. The largest absolute Gasteiger partial charge is 0.479 e. The molecule has 2 aliphatic heterocycles. The summed E-state index contributed by atoms with van der Waals surface area (Å²) in [7, 11) is 3.33. The lowest BCUT2D eigenvalue weighted by molar-refractivity contribution is 0.235. The van der Waals surface area contributed by atoms with Crippen LogP contribution in [0.5, 0.6) is 5.88 Å². The Hall–Kier alpha value is -3.44. The van der Waals surface area contributed by atoms with E-state index < -0.39 is 0 Å². The van der Waals surface area contributed by atoms with Crippen molar-refractivity contribution in [3.63, 3.8) is 0 Å². The molecule has 5 rings (SSSR count). The van der Waals surface area contributed by atoms with E-state index in [0.29, 0.717) is 36.1 Å². The Kier molecular flexibility index (Phi) is 5.27. The number of methoxy groups -OCH3 is 1. The number of carbonyl (C=O) groups excluding carboxylic acids is 1. The third-order valence-electron chi connectivity index (χ3n) is 5.92. The van der Waals surface area contributed by atoms with Crippen molar-refractivity contribution >= 4 is 34.3 Å². The molecule has 11 heteroatoms. The summed E-state index contributed by atoms with van der Waals surface area (Å²) < 4.78 is 7.04. The molecule has 3 N–H and O–H groups in total. The number of pyridine rings is 2. The summed E-state index contributed by atoms with van der Waals surface area (Å²) >= 11 is 0. The highest BCUT2D eigenvalue weighted by atomic mass is 16.5. The molecule has 32 heavy (non-hydrogen) atoms. The Labute approximate surface area is 185 Å². The van der Waals surface area contributed by atoms with Gasteiger partial charge in [-0.3, -0.25) is 9.58 Å². The number of amides is 2. The molecule has 0 radical (unpaired) electrons. The molecule has 0 spiro atoms. The number of fused-ring (bicyclic) bond motifs is 2. The van der Waals surface area contributed by atoms with Crippen molar-refractivity contribution in [3.8, 4) is 5.88 Å². The number of piperazine rings is 1. The maximum atomic E-state index is 13.2. The van der Waals surface area contributed by atoms with Crippen LogP contribution in [0.25, 0.3) is 11.0 Å². The van der Waals surface area contributed by atoms with Crippen molar-refractivity contribution in [3.05, 3.63) is 30.1 Å². The second-order valence-corrected chi connectivity index (χ2v) is 8.00. The molecular weight excluding hydrogens is 412 g/mol. The number of urea groups is 1. The quantitative estimate of drug-likeness (QED) is 0.545. The molecule has 1 saturated heterocycles.